The summed E-state index contributed by atoms with van der Waals surface area (Å²) in [5.41, 5.74) is 2.63. The highest BCUT2D eigenvalue weighted by Gasteiger charge is 2.16. The number of anilines is 1. The first kappa shape index (κ1) is 15.4. The SMILES string of the molecule is Cc1cccc(O[C@@H](C)C(=O)Nc2cccc(Cl)c2C)c1. The third-order valence-electron chi connectivity index (χ3n) is 3.20. The highest BCUT2D eigenvalue weighted by Crippen LogP contribution is 2.23. The molecule has 1 atom stereocenters. The predicted molar refractivity (Wildman–Crippen MR) is 86.1 cm³/mol. The molecule has 2 aromatic rings. The van der Waals surface area contributed by atoms with Gasteiger partial charge in [-0.1, -0.05) is 29.8 Å². The molecule has 0 aliphatic heterocycles. The highest BCUT2D eigenvalue weighted by molar-refractivity contribution is 6.31. The van der Waals surface area contributed by atoms with Gasteiger partial charge in [-0.2, -0.15) is 0 Å². The van der Waals surface area contributed by atoms with E-state index in [1.165, 1.54) is 0 Å². The van der Waals surface area contributed by atoms with Crippen LogP contribution < -0.4 is 10.1 Å². The Hall–Kier alpha value is -2.00. The second-order valence-corrected chi connectivity index (χ2v) is 5.39. The normalized spacial score (nSPS) is 11.8. The number of hydrogen-bond acceptors (Lipinski definition) is 2. The standard InChI is InChI=1S/C17H18ClNO2/c1-11-6-4-7-14(10-11)21-13(3)17(20)19-16-9-5-8-15(18)12(16)2/h4-10,13H,1-3H3,(H,19,20)/t13-/m0/s1. The van der Waals surface area contributed by atoms with Gasteiger partial charge in [-0.15, -0.1) is 0 Å². The second-order valence-electron chi connectivity index (χ2n) is 4.98. The fourth-order valence-corrected chi connectivity index (χ4v) is 2.10. The van der Waals surface area contributed by atoms with Gasteiger partial charge in [0, 0.05) is 10.7 Å². The lowest BCUT2D eigenvalue weighted by Gasteiger charge is -2.16. The molecule has 0 heterocycles. The maximum Gasteiger partial charge on any atom is 0.265 e. The van der Waals surface area contributed by atoms with Crippen molar-refractivity contribution in [3.63, 3.8) is 0 Å². The van der Waals surface area contributed by atoms with E-state index in [-0.39, 0.29) is 5.91 Å². The van der Waals surface area contributed by atoms with E-state index in [0.29, 0.717) is 16.5 Å². The summed E-state index contributed by atoms with van der Waals surface area (Å²) in [6.07, 6.45) is -0.592. The lowest BCUT2D eigenvalue weighted by molar-refractivity contribution is -0.122. The Morgan fingerprint density at radius 1 is 1.19 bits per heavy atom. The Balaban J connectivity index is 2.04. The van der Waals surface area contributed by atoms with Crippen LogP contribution in [0.1, 0.15) is 18.1 Å². The van der Waals surface area contributed by atoms with E-state index in [0.717, 1.165) is 11.1 Å². The van der Waals surface area contributed by atoms with Crippen LogP contribution in [-0.2, 0) is 4.79 Å². The molecule has 3 nitrogen and oxygen atoms in total. The number of aryl methyl sites for hydroxylation is 1. The summed E-state index contributed by atoms with van der Waals surface area (Å²) in [5, 5.41) is 3.46. The van der Waals surface area contributed by atoms with Crippen molar-refractivity contribution in [3.05, 3.63) is 58.6 Å². The minimum absolute atomic E-state index is 0.207. The van der Waals surface area contributed by atoms with Crippen LogP contribution in [0.15, 0.2) is 42.5 Å². The van der Waals surface area contributed by atoms with Crippen LogP contribution in [0.2, 0.25) is 5.02 Å². The molecule has 0 unspecified atom stereocenters. The van der Waals surface area contributed by atoms with E-state index >= 15 is 0 Å². The summed E-state index contributed by atoms with van der Waals surface area (Å²) in [6.45, 7) is 5.56. The summed E-state index contributed by atoms with van der Waals surface area (Å²) in [7, 11) is 0. The number of rotatable bonds is 4. The Morgan fingerprint density at radius 2 is 1.90 bits per heavy atom. The molecule has 0 fully saturated rings. The van der Waals surface area contributed by atoms with E-state index in [1.54, 1.807) is 19.1 Å². The van der Waals surface area contributed by atoms with Gasteiger partial charge in [0.15, 0.2) is 6.10 Å². The zero-order chi connectivity index (χ0) is 15.4. The van der Waals surface area contributed by atoms with Gasteiger partial charge in [-0.25, -0.2) is 0 Å². The number of nitrogens with one attached hydrogen (secondary N) is 1. The van der Waals surface area contributed by atoms with Crippen molar-refractivity contribution in [2.24, 2.45) is 0 Å². The number of hydrogen-bond donors (Lipinski definition) is 1. The lowest BCUT2D eigenvalue weighted by atomic mass is 10.2. The van der Waals surface area contributed by atoms with Crippen LogP contribution in [-0.4, -0.2) is 12.0 Å². The van der Waals surface area contributed by atoms with E-state index in [1.807, 2.05) is 44.2 Å². The van der Waals surface area contributed by atoms with Crippen molar-refractivity contribution in [1.82, 2.24) is 0 Å². The second kappa shape index (κ2) is 6.64. The van der Waals surface area contributed by atoms with Crippen molar-refractivity contribution in [1.29, 1.82) is 0 Å². The van der Waals surface area contributed by atoms with Crippen molar-refractivity contribution < 1.29 is 9.53 Å². The first-order chi connectivity index (χ1) is 9.97. The van der Waals surface area contributed by atoms with Gasteiger partial charge in [0.25, 0.3) is 5.91 Å². The van der Waals surface area contributed by atoms with Gasteiger partial charge in [-0.3, -0.25) is 4.79 Å². The number of amides is 1. The fourth-order valence-electron chi connectivity index (χ4n) is 1.92. The van der Waals surface area contributed by atoms with Gasteiger partial charge in [-0.05, 0) is 56.2 Å². The van der Waals surface area contributed by atoms with Gasteiger partial charge < -0.3 is 10.1 Å². The van der Waals surface area contributed by atoms with Gasteiger partial charge >= 0.3 is 0 Å². The third-order valence-corrected chi connectivity index (χ3v) is 3.61. The van der Waals surface area contributed by atoms with Crippen LogP contribution in [0.4, 0.5) is 5.69 Å². The molecule has 0 saturated heterocycles. The van der Waals surface area contributed by atoms with Crippen LogP contribution in [0.3, 0.4) is 0 Å². The molecule has 2 rings (SSSR count). The number of carbonyl (C=O) groups excluding carboxylic acids is 1. The summed E-state index contributed by atoms with van der Waals surface area (Å²) in [4.78, 5) is 12.2. The lowest BCUT2D eigenvalue weighted by Crippen LogP contribution is -2.30. The fraction of sp³-hybridized carbons (Fsp3) is 0.235. The predicted octanol–water partition coefficient (Wildman–Crippen LogP) is 4.36. The zero-order valence-electron chi connectivity index (χ0n) is 12.3. The van der Waals surface area contributed by atoms with Gasteiger partial charge in [0.2, 0.25) is 0 Å². The number of ether oxygens (including phenoxy) is 1. The Morgan fingerprint density at radius 3 is 2.62 bits per heavy atom. The monoisotopic (exact) mass is 303 g/mol. The van der Waals surface area contributed by atoms with Crippen LogP contribution >= 0.6 is 11.6 Å². The zero-order valence-corrected chi connectivity index (χ0v) is 13.1. The minimum atomic E-state index is -0.592. The molecule has 2 aromatic carbocycles. The summed E-state index contributed by atoms with van der Waals surface area (Å²) in [5.74, 6) is 0.474. The summed E-state index contributed by atoms with van der Waals surface area (Å²) in [6, 6.07) is 13.0. The number of halogens is 1. The van der Waals surface area contributed by atoms with Crippen molar-refractivity contribution >= 4 is 23.2 Å². The molecule has 0 spiro atoms. The summed E-state index contributed by atoms with van der Waals surface area (Å²) < 4.78 is 5.65. The smallest absolute Gasteiger partial charge is 0.265 e. The molecule has 21 heavy (non-hydrogen) atoms. The first-order valence-electron chi connectivity index (χ1n) is 6.76. The highest BCUT2D eigenvalue weighted by atomic mass is 35.5. The van der Waals surface area contributed by atoms with Crippen molar-refractivity contribution in [2.75, 3.05) is 5.32 Å². The largest absolute Gasteiger partial charge is 0.481 e. The minimum Gasteiger partial charge on any atom is -0.481 e. The van der Waals surface area contributed by atoms with E-state index < -0.39 is 6.10 Å². The van der Waals surface area contributed by atoms with Crippen LogP contribution in [0.25, 0.3) is 0 Å². The van der Waals surface area contributed by atoms with E-state index in [2.05, 4.69) is 5.32 Å². The molecule has 0 aromatic heterocycles. The Labute approximate surface area is 129 Å². The van der Waals surface area contributed by atoms with E-state index in [9.17, 15) is 4.79 Å². The molecule has 0 aliphatic rings. The molecule has 110 valence electrons. The molecule has 0 bridgehead atoms. The van der Waals surface area contributed by atoms with Crippen molar-refractivity contribution in [2.45, 2.75) is 26.9 Å². The third kappa shape index (κ3) is 3.99. The van der Waals surface area contributed by atoms with Gasteiger partial charge in [0.1, 0.15) is 5.75 Å². The molecule has 0 aliphatic carbocycles. The number of carbonyl (C=O) groups is 1. The summed E-state index contributed by atoms with van der Waals surface area (Å²) >= 11 is 6.04. The molecule has 0 radical (unpaired) electrons. The topological polar surface area (TPSA) is 38.3 Å². The molecular weight excluding hydrogens is 286 g/mol. The quantitative estimate of drug-likeness (QED) is 0.911. The molecule has 4 heteroatoms. The number of benzene rings is 2. The average molecular weight is 304 g/mol. The van der Waals surface area contributed by atoms with Crippen molar-refractivity contribution in [3.8, 4) is 5.75 Å². The molecule has 1 amide bonds. The Kier molecular flexibility index (Phi) is 4.86. The van der Waals surface area contributed by atoms with Gasteiger partial charge in [0.05, 0.1) is 0 Å². The van der Waals surface area contributed by atoms with Crippen LogP contribution in [0, 0.1) is 13.8 Å². The average Bonchev–Trinajstić information content (AvgIpc) is 2.44. The maximum absolute atomic E-state index is 12.2. The first-order valence-corrected chi connectivity index (χ1v) is 7.14. The van der Waals surface area contributed by atoms with Crippen LogP contribution in [0.5, 0.6) is 5.75 Å². The molecule has 1 N–H and O–H groups in total. The van der Waals surface area contributed by atoms with E-state index in [4.69, 9.17) is 16.3 Å². The molecule has 0 saturated carbocycles. The molecular formula is C17H18ClNO2. The Bertz CT molecular complexity index is 655. The maximum atomic E-state index is 12.2.